The SMILES string of the molecule is C=C(C(=N)c1cc(Cl)c(F)cc1F)c1ccc2ncc(N3CC(CNC)C3)cc2n1. The smallest absolute Gasteiger partial charge is 0.144 e. The average molecular weight is 428 g/mol. The Morgan fingerprint density at radius 2 is 2.00 bits per heavy atom. The van der Waals surface area contributed by atoms with Crippen molar-refractivity contribution in [3.05, 3.63) is 71.0 Å². The van der Waals surface area contributed by atoms with E-state index in [0.717, 1.165) is 31.4 Å². The van der Waals surface area contributed by atoms with Crippen LogP contribution in [0.15, 0.2) is 43.1 Å². The van der Waals surface area contributed by atoms with Crippen LogP contribution in [-0.2, 0) is 0 Å². The summed E-state index contributed by atoms with van der Waals surface area (Å²) in [6.45, 7) is 6.77. The van der Waals surface area contributed by atoms with E-state index in [9.17, 15) is 8.78 Å². The van der Waals surface area contributed by atoms with Crippen LogP contribution in [0.1, 0.15) is 11.3 Å². The van der Waals surface area contributed by atoms with Crippen molar-refractivity contribution in [3.63, 3.8) is 0 Å². The summed E-state index contributed by atoms with van der Waals surface area (Å²) in [5.41, 5.74) is 2.65. The van der Waals surface area contributed by atoms with E-state index >= 15 is 0 Å². The van der Waals surface area contributed by atoms with E-state index in [4.69, 9.17) is 17.0 Å². The average Bonchev–Trinajstić information content (AvgIpc) is 2.71. The van der Waals surface area contributed by atoms with Gasteiger partial charge in [-0.1, -0.05) is 18.2 Å². The number of anilines is 1. The van der Waals surface area contributed by atoms with Gasteiger partial charge in [-0.2, -0.15) is 0 Å². The molecular formula is C22H20ClF2N5. The third kappa shape index (κ3) is 3.78. The van der Waals surface area contributed by atoms with Crippen molar-refractivity contribution in [1.82, 2.24) is 15.3 Å². The van der Waals surface area contributed by atoms with Crippen LogP contribution in [0, 0.1) is 23.0 Å². The van der Waals surface area contributed by atoms with Crippen molar-refractivity contribution in [2.75, 3.05) is 31.6 Å². The molecule has 0 atom stereocenters. The summed E-state index contributed by atoms with van der Waals surface area (Å²) >= 11 is 5.75. The van der Waals surface area contributed by atoms with Crippen LogP contribution in [0.3, 0.4) is 0 Å². The normalized spacial score (nSPS) is 14.1. The number of pyridine rings is 2. The van der Waals surface area contributed by atoms with E-state index in [1.807, 2.05) is 19.3 Å². The molecular weight excluding hydrogens is 408 g/mol. The Morgan fingerprint density at radius 1 is 1.23 bits per heavy atom. The Balaban J connectivity index is 1.60. The highest BCUT2D eigenvalue weighted by molar-refractivity contribution is 6.33. The highest BCUT2D eigenvalue weighted by atomic mass is 35.5. The first-order chi connectivity index (χ1) is 14.4. The first-order valence-electron chi connectivity index (χ1n) is 9.47. The van der Waals surface area contributed by atoms with E-state index in [-0.39, 0.29) is 21.9 Å². The van der Waals surface area contributed by atoms with Gasteiger partial charge in [0.2, 0.25) is 0 Å². The monoisotopic (exact) mass is 427 g/mol. The van der Waals surface area contributed by atoms with Gasteiger partial charge in [-0.15, -0.1) is 0 Å². The van der Waals surface area contributed by atoms with Crippen LogP contribution in [0.4, 0.5) is 14.5 Å². The summed E-state index contributed by atoms with van der Waals surface area (Å²) in [5, 5.41) is 11.2. The molecule has 3 heterocycles. The molecule has 8 heteroatoms. The number of aromatic nitrogens is 2. The molecule has 0 amide bonds. The lowest BCUT2D eigenvalue weighted by Crippen LogP contribution is -2.50. The van der Waals surface area contributed by atoms with E-state index in [0.29, 0.717) is 28.7 Å². The van der Waals surface area contributed by atoms with Crippen LogP contribution in [0.25, 0.3) is 16.6 Å². The quantitative estimate of drug-likeness (QED) is 0.455. The van der Waals surface area contributed by atoms with E-state index in [2.05, 4.69) is 26.8 Å². The molecule has 30 heavy (non-hydrogen) atoms. The summed E-state index contributed by atoms with van der Waals surface area (Å²) < 4.78 is 27.6. The molecule has 0 bridgehead atoms. The lowest BCUT2D eigenvalue weighted by Gasteiger charge is -2.40. The van der Waals surface area contributed by atoms with Crippen molar-refractivity contribution in [3.8, 4) is 0 Å². The predicted molar refractivity (Wildman–Crippen MR) is 116 cm³/mol. The summed E-state index contributed by atoms with van der Waals surface area (Å²) in [4.78, 5) is 11.3. The Labute approximate surface area is 177 Å². The maximum Gasteiger partial charge on any atom is 0.144 e. The number of rotatable bonds is 6. The molecule has 1 aliphatic rings. The second kappa shape index (κ2) is 8.08. The molecule has 0 unspecified atom stereocenters. The second-order valence-electron chi connectivity index (χ2n) is 7.36. The van der Waals surface area contributed by atoms with Crippen LogP contribution in [-0.4, -0.2) is 42.4 Å². The minimum absolute atomic E-state index is 0.128. The van der Waals surface area contributed by atoms with Gasteiger partial charge in [0.25, 0.3) is 0 Å². The number of hydrogen-bond donors (Lipinski definition) is 2. The van der Waals surface area contributed by atoms with Crippen LogP contribution in [0.5, 0.6) is 0 Å². The summed E-state index contributed by atoms with van der Waals surface area (Å²) in [6.07, 6.45) is 1.83. The number of halogens is 3. The Kier molecular flexibility index (Phi) is 5.49. The predicted octanol–water partition coefficient (Wildman–Crippen LogP) is 4.30. The zero-order valence-corrected chi connectivity index (χ0v) is 17.1. The standard InChI is InChI=1S/C22H20ClF2N5/c1-12(22(26)15-6-16(23)18(25)7-17(15)24)19-3-4-20-21(29-19)5-14(9-28-20)30-10-13(11-30)8-27-2/h3-7,9,13,26-27H,1,8,10-11H2,2H3. The first-order valence-corrected chi connectivity index (χ1v) is 9.84. The molecule has 1 aliphatic heterocycles. The summed E-state index contributed by atoms with van der Waals surface area (Å²) in [5.74, 6) is -1.13. The molecule has 0 saturated carbocycles. The van der Waals surface area contributed by atoms with Crippen molar-refractivity contribution in [2.45, 2.75) is 0 Å². The molecule has 0 spiro atoms. The fourth-order valence-corrected chi connectivity index (χ4v) is 3.70. The van der Waals surface area contributed by atoms with Gasteiger partial charge in [0.1, 0.15) is 11.6 Å². The third-order valence-electron chi connectivity index (χ3n) is 5.23. The largest absolute Gasteiger partial charge is 0.369 e. The molecule has 1 fully saturated rings. The highest BCUT2D eigenvalue weighted by Crippen LogP contribution is 2.28. The van der Waals surface area contributed by atoms with Gasteiger partial charge in [-0.3, -0.25) is 10.4 Å². The van der Waals surface area contributed by atoms with Crippen molar-refractivity contribution in [2.24, 2.45) is 5.92 Å². The lowest BCUT2D eigenvalue weighted by molar-refractivity contribution is 0.397. The van der Waals surface area contributed by atoms with Crippen molar-refractivity contribution >= 4 is 39.6 Å². The molecule has 1 aromatic carbocycles. The van der Waals surface area contributed by atoms with Crippen LogP contribution in [0.2, 0.25) is 5.02 Å². The fraction of sp³-hybridized carbons (Fsp3) is 0.227. The Morgan fingerprint density at radius 3 is 2.73 bits per heavy atom. The maximum absolute atomic E-state index is 14.2. The minimum atomic E-state index is -0.873. The summed E-state index contributed by atoms with van der Waals surface area (Å²) in [6, 6.07) is 7.17. The van der Waals surface area contributed by atoms with Gasteiger partial charge in [0.15, 0.2) is 0 Å². The Bertz CT molecular complexity index is 1160. The van der Waals surface area contributed by atoms with Gasteiger partial charge in [-0.05, 0) is 31.3 Å². The number of nitrogens with zero attached hydrogens (tertiary/aromatic N) is 3. The van der Waals surface area contributed by atoms with E-state index < -0.39 is 11.6 Å². The van der Waals surface area contributed by atoms with Gasteiger partial charge in [0.05, 0.1) is 39.3 Å². The molecule has 2 N–H and O–H groups in total. The van der Waals surface area contributed by atoms with Gasteiger partial charge < -0.3 is 10.2 Å². The maximum atomic E-state index is 14.2. The number of benzene rings is 1. The zero-order chi connectivity index (χ0) is 21.4. The van der Waals surface area contributed by atoms with Gasteiger partial charge in [-0.25, -0.2) is 13.8 Å². The highest BCUT2D eigenvalue weighted by Gasteiger charge is 2.26. The first kappa shape index (κ1) is 20.4. The zero-order valence-electron chi connectivity index (χ0n) is 16.3. The van der Waals surface area contributed by atoms with Crippen LogP contribution >= 0.6 is 11.6 Å². The van der Waals surface area contributed by atoms with Gasteiger partial charge in [0, 0.05) is 42.8 Å². The molecule has 3 aromatic rings. The number of allylic oxidation sites excluding steroid dienone is 1. The molecule has 4 rings (SSSR count). The molecule has 1 saturated heterocycles. The number of nitrogens with one attached hydrogen (secondary N) is 2. The second-order valence-corrected chi connectivity index (χ2v) is 7.76. The van der Waals surface area contributed by atoms with E-state index in [1.165, 1.54) is 0 Å². The minimum Gasteiger partial charge on any atom is -0.369 e. The third-order valence-corrected chi connectivity index (χ3v) is 5.52. The Hall–Kier alpha value is -2.90. The molecule has 5 nitrogen and oxygen atoms in total. The van der Waals surface area contributed by atoms with Crippen molar-refractivity contribution in [1.29, 1.82) is 5.41 Å². The molecule has 2 aromatic heterocycles. The topological polar surface area (TPSA) is 64.9 Å². The molecule has 0 radical (unpaired) electrons. The van der Waals surface area contributed by atoms with E-state index in [1.54, 1.807) is 12.1 Å². The fourth-order valence-electron chi connectivity index (χ4n) is 3.54. The van der Waals surface area contributed by atoms with Gasteiger partial charge >= 0.3 is 0 Å². The molecule has 0 aliphatic carbocycles. The summed E-state index contributed by atoms with van der Waals surface area (Å²) in [7, 11) is 1.95. The molecule has 154 valence electrons. The lowest BCUT2D eigenvalue weighted by atomic mass is 9.99. The number of hydrogen-bond acceptors (Lipinski definition) is 5. The van der Waals surface area contributed by atoms with Crippen molar-refractivity contribution < 1.29 is 8.78 Å². The van der Waals surface area contributed by atoms with Crippen LogP contribution < -0.4 is 10.2 Å². The number of fused-ring (bicyclic) bond motifs is 1.